The number of benzene rings is 2. The highest BCUT2D eigenvalue weighted by Gasteiger charge is 2.16. The number of sulfonamides is 1. The van der Waals surface area contributed by atoms with Crippen LogP contribution in [-0.4, -0.2) is 40.1 Å². The van der Waals surface area contributed by atoms with Crippen molar-refractivity contribution in [1.29, 1.82) is 0 Å². The molecule has 3 rings (SSSR count). The van der Waals surface area contributed by atoms with Gasteiger partial charge in [-0.25, -0.2) is 13.1 Å². The minimum Gasteiger partial charge on any atom is -0.497 e. The summed E-state index contributed by atoms with van der Waals surface area (Å²) in [6, 6.07) is 16.0. The molecule has 0 saturated heterocycles. The lowest BCUT2D eigenvalue weighted by Gasteiger charge is -2.18. The lowest BCUT2D eigenvalue weighted by atomic mass is 10.2. The van der Waals surface area contributed by atoms with Gasteiger partial charge in [-0.15, -0.1) is 0 Å². The molecule has 1 atom stereocenters. The standard InChI is InChI=1S/C23H28N2O5S/c1-18(14-24-31(26,27)23-9-7-21(28-3)8-10-23)30-22-6-4-5-19(13-22)15-25(2)16-20-11-12-29-17-20/h4-13,17-18,24H,14-16H2,1-3H3/t18-/m1/s1. The van der Waals surface area contributed by atoms with Crippen molar-refractivity contribution in [2.24, 2.45) is 0 Å². The van der Waals surface area contributed by atoms with Crippen LogP contribution in [0.4, 0.5) is 0 Å². The van der Waals surface area contributed by atoms with Crippen LogP contribution in [0.3, 0.4) is 0 Å². The van der Waals surface area contributed by atoms with Gasteiger partial charge in [-0.2, -0.15) is 0 Å². The molecule has 0 saturated carbocycles. The molecule has 1 N–H and O–H groups in total. The van der Waals surface area contributed by atoms with E-state index >= 15 is 0 Å². The van der Waals surface area contributed by atoms with Crippen molar-refractivity contribution in [3.8, 4) is 11.5 Å². The van der Waals surface area contributed by atoms with Crippen molar-refractivity contribution in [2.45, 2.75) is 31.0 Å². The Balaban J connectivity index is 1.52. The molecule has 0 unspecified atom stereocenters. The molecule has 0 aliphatic rings. The Kier molecular flexibility index (Phi) is 7.73. The van der Waals surface area contributed by atoms with E-state index in [4.69, 9.17) is 13.9 Å². The zero-order valence-corrected chi connectivity index (χ0v) is 18.8. The van der Waals surface area contributed by atoms with Crippen molar-refractivity contribution in [3.63, 3.8) is 0 Å². The first-order valence-corrected chi connectivity index (χ1v) is 11.4. The van der Waals surface area contributed by atoms with Crippen molar-refractivity contribution in [2.75, 3.05) is 20.7 Å². The highest BCUT2D eigenvalue weighted by molar-refractivity contribution is 7.89. The summed E-state index contributed by atoms with van der Waals surface area (Å²) >= 11 is 0. The molecule has 0 fully saturated rings. The first-order valence-electron chi connectivity index (χ1n) is 9.94. The lowest BCUT2D eigenvalue weighted by Crippen LogP contribution is -2.33. The number of rotatable bonds is 11. The molecule has 0 aliphatic heterocycles. The van der Waals surface area contributed by atoms with E-state index in [9.17, 15) is 8.42 Å². The third kappa shape index (κ3) is 6.85. The Bertz CT molecular complexity index is 1050. The quantitative estimate of drug-likeness (QED) is 0.486. The molecule has 0 aliphatic carbocycles. The molecule has 0 radical (unpaired) electrons. The smallest absolute Gasteiger partial charge is 0.240 e. The second-order valence-corrected chi connectivity index (χ2v) is 9.17. The Morgan fingerprint density at radius 1 is 1.03 bits per heavy atom. The topological polar surface area (TPSA) is 81.0 Å². The van der Waals surface area contributed by atoms with Crippen LogP contribution in [0.2, 0.25) is 0 Å². The summed E-state index contributed by atoms with van der Waals surface area (Å²) in [7, 11) is -0.0477. The van der Waals surface area contributed by atoms with Crippen LogP contribution >= 0.6 is 0 Å². The third-order valence-electron chi connectivity index (χ3n) is 4.65. The first-order chi connectivity index (χ1) is 14.9. The zero-order valence-electron chi connectivity index (χ0n) is 17.9. The number of methoxy groups -OCH3 is 1. The summed E-state index contributed by atoms with van der Waals surface area (Å²) in [5, 5.41) is 0. The Morgan fingerprint density at radius 2 is 1.77 bits per heavy atom. The van der Waals surface area contributed by atoms with Crippen LogP contribution in [0.15, 0.2) is 76.4 Å². The highest BCUT2D eigenvalue weighted by atomic mass is 32.2. The van der Waals surface area contributed by atoms with Gasteiger partial charge in [0.15, 0.2) is 0 Å². The maximum absolute atomic E-state index is 12.5. The van der Waals surface area contributed by atoms with E-state index in [2.05, 4.69) is 9.62 Å². The van der Waals surface area contributed by atoms with Gasteiger partial charge < -0.3 is 13.9 Å². The number of hydrogen-bond donors (Lipinski definition) is 1. The molecular weight excluding hydrogens is 416 g/mol. The van der Waals surface area contributed by atoms with Crippen molar-refractivity contribution >= 4 is 10.0 Å². The van der Waals surface area contributed by atoms with Gasteiger partial charge in [0.1, 0.15) is 17.6 Å². The third-order valence-corrected chi connectivity index (χ3v) is 6.09. The lowest BCUT2D eigenvalue weighted by molar-refractivity contribution is 0.224. The number of nitrogens with zero attached hydrogens (tertiary/aromatic N) is 1. The maximum atomic E-state index is 12.5. The summed E-state index contributed by atoms with van der Waals surface area (Å²) in [6.45, 7) is 3.51. The SMILES string of the molecule is COc1ccc(S(=O)(=O)NC[C@@H](C)Oc2cccc(CN(C)Cc3ccoc3)c2)cc1. The van der Waals surface area contributed by atoms with E-state index in [0.717, 1.165) is 24.2 Å². The fourth-order valence-corrected chi connectivity index (χ4v) is 4.23. The summed E-state index contributed by atoms with van der Waals surface area (Å²) in [4.78, 5) is 2.36. The molecular formula is C23H28N2O5S. The first kappa shape index (κ1) is 22.9. The second kappa shape index (κ2) is 10.5. The molecule has 1 aromatic heterocycles. The van der Waals surface area contributed by atoms with E-state index < -0.39 is 10.0 Å². The van der Waals surface area contributed by atoms with Crippen LogP contribution < -0.4 is 14.2 Å². The number of hydrogen-bond acceptors (Lipinski definition) is 6. The van der Waals surface area contributed by atoms with Crippen molar-refractivity contribution < 1.29 is 22.3 Å². The summed E-state index contributed by atoms with van der Waals surface area (Å²) in [6.07, 6.45) is 3.07. The number of ether oxygens (including phenoxy) is 2. The molecule has 166 valence electrons. The van der Waals surface area contributed by atoms with Gasteiger partial charge in [-0.1, -0.05) is 12.1 Å². The average molecular weight is 445 g/mol. The van der Waals surface area contributed by atoms with E-state index in [1.807, 2.05) is 44.3 Å². The molecule has 31 heavy (non-hydrogen) atoms. The van der Waals surface area contributed by atoms with Gasteiger partial charge >= 0.3 is 0 Å². The monoisotopic (exact) mass is 444 g/mol. The molecule has 3 aromatic rings. The van der Waals surface area contributed by atoms with E-state index in [1.54, 1.807) is 24.7 Å². The van der Waals surface area contributed by atoms with E-state index in [-0.39, 0.29) is 17.5 Å². The second-order valence-electron chi connectivity index (χ2n) is 7.41. The van der Waals surface area contributed by atoms with E-state index in [1.165, 1.54) is 19.2 Å². The van der Waals surface area contributed by atoms with Gasteiger partial charge in [0.25, 0.3) is 0 Å². The summed E-state index contributed by atoms with van der Waals surface area (Å²) < 4.78 is 43.6. The predicted octanol–water partition coefficient (Wildman–Crippen LogP) is 3.67. The Labute approximate surface area is 183 Å². The molecule has 2 aromatic carbocycles. The molecule has 0 bridgehead atoms. The van der Waals surface area contributed by atoms with Crippen LogP contribution in [0.25, 0.3) is 0 Å². The Morgan fingerprint density at radius 3 is 2.45 bits per heavy atom. The van der Waals surface area contributed by atoms with Gasteiger partial charge in [-0.3, -0.25) is 4.90 Å². The highest BCUT2D eigenvalue weighted by Crippen LogP contribution is 2.18. The van der Waals surface area contributed by atoms with Crippen LogP contribution in [0, 0.1) is 0 Å². The number of furan rings is 1. The van der Waals surface area contributed by atoms with Crippen LogP contribution in [0.5, 0.6) is 11.5 Å². The van der Waals surface area contributed by atoms with Gasteiger partial charge in [-0.05, 0) is 62.0 Å². The maximum Gasteiger partial charge on any atom is 0.240 e. The van der Waals surface area contributed by atoms with Gasteiger partial charge in [0, 0.05) is 25.2 Å². The zero-order chi connectivity index (χ0) is 22.3. The van der Waals surface area contributed by atoms with Crippen LogP contribution in [0.1, 0.15) is 18.1 Å². The van der Waals surface area contributed by atoms with Gasteiger partial charge in [0.2, 0.25) is 10.0 Å². The van der Waals surface area contributed by atoms with Crippen molar-refractivity contribution in [3.05, 3.63) is 78.3 Å². The fraction of sp³-hybridized carbons (Fsp3) is 0.304. The molecule has 1 heterocycles. The molecule has 7 nitrogen and oxygen atoms in total. The predicted molar refractivity (Wildman–Crippen MR) is 119 cm³/mol. The van der Waals surface area contributed by atoms with Crippen molar-refractivity contribution in [1.82, 2.24) is 9.62 Å². The van der Waals surface area contributed by atoms with Crippen LogP contribution in [-0.2, 0) is 23.1 Å². The minimum absolute atomic E-state index is 0.152. The average Bonchev–Trinajstić information content (AvgIpc) is 3.25. The molecule has 0 amide bonds. The molecule has 0 spiro atoms. The summed E-state index contributed by atoms with van der Waals surface area (Å²) in [5.74, 6) is 1.30. The van der Waals surface area contributed by atoms with Gasteiger partial charge in [0.05, 0.1) is 24.5 Å². The van der Waals surface area contributed by atoms with E-state index in [0.29, 0.717) is 11.5 Å². The minimum atomic E-state index is -3.62. The normalized spacial score (nSPS) is 12.6. The Hall–Kier alpha value is -2.81. The largest absolute Gasteiger partial charge is 0.497 e. The molecule has 8 heteroatoms. The fourth-order valence-electron chi connectivity index (χ4n) is 3.12. The number of nitrogens with one attached hydrogen (secondary N) is 1. The summed E-state index contributed by atoms with van der Waals surface area (Å²) in [5.41, 5.74) is 2.22.